The Bertz CT molecular complexity index is 723. The van der Waals surface area contributed by atoms with Gasteiger partial charge in [-0.2, -0.15) is 0 Å². The Morgan fingerprint density at radius 2 is 1.78 bits per heavy atom. The van der Waals surface area contributed by atoms with E-state index in [0.29, 0.717) is 16.5 Å². The molecule has 2 aromatic rings. The minimum absolute atomic E-state index is 0.463. The zero-order valence-electron chi connectivity index (χ0n) is 14.1. The van der Waals surface area contributed by atoms with Crippen LogP contribution in [0.5, 0.6) is 0 Å². The van der Waals surface area contributed by atoms with Crippen LogP contribution in [0.2, 0.25) is 5.02 Å². The van der Waals surface area contributed by atoms with Crippen LogP contribution in [-0.2, 0) is 4.74 Å². The third kappa shape index (κ3) is 4.45. The van der Waals surface area contributed by atoms with E-state index in [1.807, 2.05) is 58.9 Å². The highest BCUT2D eigenvalue weighted by Gasteiger charge is 2.27. The quantitative estimate of drug-likeness (QED) is 0.736. The van der Waals surface area contributed by atoms with Crippen molar-refractivity contribution in [2.45, 2.75) is 40.2 Å². The van der Waals surface area contributed by atoms with Crippen LogP contribution in [0.15, 0.2) is 36.5 Å². The van der Waals surface area contributed by atoms with E-state index in [-0.39, 0.29) is 0 Å². The van der Waals surface area contributed by atoms with Crippen LogP contribution in [0.25, 0.3) is 0 Å². The molecule has 0 atom stereocenters. The number of anilines is 2. The number of amides is 1. The third-order valence-electron chi connectivity index (χ3n) is 3.05. The molecule has 0 radical (unpaired) electrons. The van der Waals surface area contributed by atoms with Gasteiger partial charge in [0.15, 0.2) is 0 Å². The molecule has 1 aromatic carbocycles. The van der Waals surface area contributed by atoms with Crippen LogP contribution < -0.4 is 4.90 Å². The van der Waals surface area contributed by atoms with Crippen LogP contribution in [-0.4, -0.2) is 16.7 Å². The summed E-state index contributed by atoms with van der Waals surface area (Å²) in [6, 6.07) is 9.19. The molecule has 0 bridgehead atoms. The van der Waals surface area contributed by atoms with Crippen molar-refractivity contribution >= 4 is 29.2 Å². The number of halogens is 1. The van der Waals surface area contributed by atoms with Crippen LogP contribution in [0.1, 0.15) is 31.9 Å². The molecule has 1 aromatic heterocycles. The molecular formula is C18H21ClN2O2. The second-order valence-corrected chi connectivity index (χ2v) is 6.87. The van der Waals surface area contributed by atoms with E-state index in [2.05, 4.69) is 4.98 Å². The molecular weight excluding hydrogens is 312 g/mol. The number of pyridine rings is 1. The van der Waals surface area contributed by atoms with Gasteiger partial charge in [0.25, 0.3) is 0 Å². The summed E-state index contributed by atoms with van der Waals surface area (Å²) in [6.45, 7) is 9.35. The van der Waals surface area contributed by atoms with Crippen molar-refractivity contribution in [1.82, 2.24) is 4.98 Å². The predicted octanol–water partition coefficient (Wildman–Crippen LogP) is 5.43. The van der Waals surface area contributed by atoms with E-state index < -0.39 is 11.7 Å². The van der Waals surface area contributed by atoms with E-state index in [4.69, 9.17) is 16.3 Å². The fourth-order valence-electron chi connectivity index (χ4n) is 2.06. The van der Waals surface area contributed by atoms with Crippen molar-refractivity contribution in [3.63, 3.8) is 0 Å². The number of hydrogen-bond donors (Lipinski definition) is 0. The van der Waals surface area contributed by atoms with Gasteiger partial charge in [-0.25, -0.2) is 14.7 Å². The lowest BCUT2D eigenvalue weighted by Gasteiger charge is -2.27. The molecule has 5 heteroatoms. The first-order valence-electron chi connectivity index (χ1n) is 7.39. The van der Waals surface area contributed by atoms with Crippen molar-refractivity contribution in [1.29, 1.82) is 0 Å². The smallest absolute Gasteiger partial charge is 0.420 e. The summed E-state index contributed by atoms with van der Waals surface area (Å²) in [7, 11) is 0. The standard InChI is InChI=1S/C18H21ClN2O2/c1-12-6-7-14(19)15(10-12)21(17(22)23-18(3,4)5)16-11-13(2)8-9-20-16/h6-11H,1-5H3. The average molecular weight is 333 g/mol. The minimum atomic E-state index is -0.616. The molecule has 0 spiro atoms. The van der Waals surface area contributed by atoms with Crippen molar-refractivity contribution in [3.05, 3.63) is 52.7 Å². The number of benzene rings is 1. The SMILES string of the molecule is Cc1ccnc(N(C(=O)OC(C)(C)C)c2cc(C)ccc2Cl)c1. The van der Waals surface area contributed by atoms with Gasteiger partial charge in [0.1, 0.15) is 11.4 Å². The number of carbonyl (C=O) groups excluding carboxylic acids is 1. The fraction of sp³-hybridized carbons (Fsp3) is 0.333. The molecule has 0 aliphatic rings. The summed E-state index contributed by atoms with van der Waals surface area (Å²) < 4.78 is 5.53. The molecule has 1 amide bonds. The first kappa shape index (κ1) is 17.3. The molecule has 0 aliphatic heterocycles. The number of nitrogens with zero attached hydrogens (tertiary/aromatic N) is 2. The van der Waals surface area contributed by atoms with Gasteiger partial charge in [-0.1, -0.05) is 17.7 Å². The van der Waals surface area contributed by atoms with E-state index in [1.54, 1.807) is 12.3 Å². The summed E-state index contributed by atoms with van der Waals surface area (Å²) in [5.41, 5.74) is 1.92. The van der Waals surface area contributed by atoms with E-state index >= 15 is 0 Å². The minimum Gasteiger partial charge on any atom is -0.443 e. The second kappa shape index (κ2) is 6.59. The summed E-state index contributed by atoms with van der Waals surface area (Å²) >= 11 is 6.32. The average Bonchev–Trinajstić information content (AvgIpc) is 2.41. The zero-order chi connectivity index (χ0) is 17.2. The fourth-order valence-corrected chi connectivity index (χ4v) is 2.26. The molecule has 0 fully saturated rings. The normalized spacial score (nSPS) is 11.2. The Labute approximate surface area is 142 Å². The largest absolute Gasteiger partial charge is 0.443 e. The Morgan fingerprint density at radius 1 is 1.13 bits per heavy atom. The van der Waals surface area contributed by atoms with Gasteiger partial charge < -0.3 is 4.74 Å². The maximum absolute atomic E-state index is 12.7. The molecule has 0 saturated carbocycles. The van der Waals surface area contributed by atoms with Crippen LogP contribution in [0.4, 0.5) is 16.3 Å². The third-order valence-corrected chi connectivity index (χ3v) is 3.37. The monoisotopic (exact) mass is 332 g/mol. The molecule has 0 saturated heterocycles. The maximum Gasteiger partial charge on any atom is 0.420 e. The number of rotatable bonds is 2. The summed E-state index contributed by atoms with van der Waals surface area (Å²) in [5.74, 6) is 0.478. The van der Waals surface area contributed by atoms with Gasteiger partial charge in [-0.15, -0.1) is 0 Å². The first-order valence-corrected chi connectivity index (χ1v) is 7.77. The Morgan fingerprint density at radius 3 is 2.39 bits per heavy atom. The second-order valence-electron chi connectivity index (χ2n) is 6.46. The molecule has 4 nitrogen and oxygen atoms in total. The topological polar surface area (TPSA) is 42.4 Å². The zero-order valence-corrected chi connectivity index (χ0v) is 14.8. The Hall–Kier alpha value is -2.07. The van der Waals surface area contributed by atoms with Crippen molar-refractivity contribution in [2.75, 3.05) is 4.90 Å². The van der Waals surface area contributed by atoms with Gasteiger partial charge in [0.05, 0.1) is 10.7 Å². The van der Waals surface area contributed by atoms with E-state index in [9.17, 15) is 4.79 Å². The lowest BCUT2D eigenvalue weighted by atomic mass is 10.2. The molecule has 0 N–H and O–H groups in total. The maximum atomic E-state index is 12.7. The Kier molecular flexibility index (Phi) is 4.95. The van der Waals surface area contributed by atoms with Crippen molar-refractivity contribution in [3.8, 4) is 0 Å². The van der Waals surface area contributed by atoms with Gasteiger partial charge in [0.2, 0.25) is 0 Å². The van der Waals surface area contributed by atoms with Crippen LogP contribution >= 0.6 is 11.6 Å². The summed E-state index contributed by atoms with van der Waals surface area (Å²) in [5, 5.41) is 0.463. The van der Waals surface area contributed by atoms with E-state index in [0.717, 1.165) is 11.1 Å². The Balaban J connectivity index is 2.55. The van der Waals surface area contributed by atoms with Gasteiger partial charge >= 0.3 is 6.09 Å². The van der Waals surface area contributed by atoms with Crippen LogP contribution in [0, 0.1) is 13.8 Å². The molecule has 2 rings (SSSR count). The molecule has 0 aliphatic carbocycles. The molecule has 122 valence electrons. The van der Waals surface area contributed by atoms with Crippen LogP contribution in [0.3, 0.4) is 0 Å². The summed E-state index contributed by atoms with van der Waals surface area (Å²) in [4.78, 5) is 18.5. The number of aryl methyl sites for hydroxylation is 2. The van der Waals surface area contributed by atoms with Gasteiger partial charge in [0, 0.05) is 6.20 Å². The highest BCUT2D eigenvalue weighted by Crippen LogP contribution is 2.33. The van der Waals surface area contributed by atoms with Crippen molar-refractivity contribution < 1.29 is 9.53 Å². The van der Waals surface area contributed by atoms with E-state index in [1.165, 1.54) is 4.90 Å². The first-order chi connectivity index (χ1) is 10.7. The number of ether oxygens (including phenoxy) is 1. The lowest BCUT2D eigenvalue weighted by Crippen LogP contribution is -2.34. The lowest BCUT2D eigenvalue weighted by molar-refractivity contribution is 0.0598. The molecule has 23 heavy (non-hydrogen) atoms. The van der Waals surface area contributed by atoms with Gasteiger partial charge in [-0.05, 0) is 70.0 Å². The highest BCUT2D eigenvalue weighted by atomic mass is 35.5. The molecule has 0 unspecified atom stereocenters. The highest BCUT2D eigenvalue weighted by molar-refractivity contribution is 6.34. The number of hydrogen-bond acceptors (Lipinski definition) is 3. The van der Waals surface area contributed by atoms with Crippen molar-refractivity contribution in [2.24, 2.45) is 0 Å². The van der Waals surface area contributed by atoms with Gasteiger partial charge in [-0.3, -0.25) is 0 Å². The molecule has 1 heterocycles. The predicted molar refractivity (Wildman–Crippen MR) is 93.5 cm³/mol. The summed E-state index contributed by atoms with van der Waals surface area (Å²) in [6.07, 6.45) is 1.15. The number of aromatic nitrogens is 1. The number of carbonyl (C=O) groups is 1.